The molecule has 0 aromatic rings. The van der Waals surface area contributed by atoms with E-state index in [2.05, 4.69) is 4.99 Å². The van der Waals surface area contributed by atoms with Crippen LogP contribution < -0.4 is 0 Å². The monoisotopic (exact) mass is 236 g/mol. The number of carbonyl (C=O) groups excluding carboxylic acids is 2. The van der Waals surface area contributed by atoms with Crippen molar-refractivity contribution in [2.24, 2.45) is 10.9 Å². The van der Waals surface area contributed by atoms with Crippen molar-refractivity contribution >= 4 is 17.6 Å². The number of allylic oxidation sites excluding steroid dienone is 1. The van der Waals surface area contributed by atoms with Gasteiger partial charge in [0.05, 0.1) is 19.9 Å². The molecule has 3 amide bonds. The maximum Gasteiger partial charge on any atom is 0.350 e. The number of carbonyl (C=O) groups is 2. The number of fused-ring (bicyclic) bond motifs is 1. The summed E-state index contributed by atoms with van der Waals surface area (Å²) < 4.78 is 10.2. The van der Waals surface area contributed by atoms with Crippen molar-refractivity contribution < 1.29 is 19.1 Å². The molecule has 6 nitrogen and oxygen atoms in total. The predicted molar refractivity (Wildman–Crippen MR) is 59.3 cm³/mol. The SMILES string of the molecule is COC1=CC2=NC(=O)N(C)C(=O)C2C=C1OC. The largest absolute Gasteiger partial charge is 0.493 e. The van der Waals surface area contributed by atoms with Crippen LogP contribution in [-0.2, 0) is 14.3 Å². The molecule has 0 bridgehead atoms. The van der Waals surface area contributed by atoms with Crippen molar-refractivity contribution in [1.82, 2.24) is 4.90 Å². The maximum absolute atomic E-state index is 11.9. The quantitative estimate of drug-likeness (QED) is 0.708. The second-order valence-electron chi connectivity index (χ2n) is 3.64. The van der Waals surface area contributed by atoms with E-state index in [4.69, 9.17) is 9.47 Å². The van der Waals surface area contributed by atoms with E-state index in [1.54, 1.807) is 12.2 Å². The van der Waals surface area contributed by atoms with Gasteiger partial charge >= 0.3 is 6.03 Å². The highest BCUT2D eigenvalue weighted by molar-refractivity contribution is 6.21. The molecule has 1 atom stereocenters. The molecule has 1 aliphatic heterocycles. The highest BCUT2D eigenvalue weighted by Gasteiger charge is 2.36. The third-order valence-electron chi connectivity index (χ3n) is 2.71. The van der Waals surface area contributed by atoms with Gasteiger partial charge in [0, 0.05) is 13.1 Å². The molecule has 1 aliphatic carbocycles. The lowest BCUT2D eigenvalue weighted by molar-refractivity contribution is -0.128. The van der Waals surface area contributed by atoms with Crippen molar-refractivity contribution in [3.8, 4) is 0 Å². The van der Waals surface area contributed by atoms with Crippen LogP contribution in [0.4, 0.5) is 4.79 Å². The molecule has 0 aromatic heterocycles. The molecule has 2 rings (SSSR count). The van der Waals surface area contributed by atoms with Gasteiger partial charge in [0.2, 0.25) is 5.91 Å². The molecule has 6 heteroatoms. The Bertz CT molecular complexity index is 476. The van der Waals surface area contributed by atoms with Gasteiger partial charge in [-0.05, 0) is 6.08 Å². The molecule has 1 unspecified atom stereocenters. The van der Waals surface area contributed by atoms with Crippen molar-refractivity contribution in [2.75, 3.05) is 21.3 Å². The lowest BCUT2D eigenvalue weighted by atomic mass is 9.94. The van der Waals surface area contributed by atoms with Crippen molar-refractivity contribution in [2.45, 2.75) is 0 Å². The average Bonchev–Trinajstić information content (AvgIpc) is 2.34. The summed E-state index contributed by atoms with van der Waals surface area (Å²) in [5, 5.41) is 0. The maximum atomic E-state index is 11.9. The molecule has 0 N–H and O–H groups in total. The molecule has 2 aliphatic rings. The lowest BCUT2D eigenvalue weighted by Crippen LogP contribution is -2.44. The zero-order valence-electron chi connectivity index (χ0n) is 9.76. The summed E-state index contributed by atoms with van der Waals surface area (Å²) >= 11 is 0. The van der Waals surface area contributed by atoms with E-state index in [1.807, 2.05) is 0 Å². The summed E-state index contributed by atoms with van der Waals surface area (Å²) in [5.41, 5.74) is 0.385. The van der Waals surface area contributed by atoms with Crippen molar-refractivity contribution in [3.05, 3.63) is 23.7 Å². The van der Waals surface area contributed by atoms with Crippen LogP contribution in [0.15, 0.2) is 28.7 Å². The van der Waals surface area contributed by atoms with Crippen LogP contribution in [-0.4, -0.2) is 43.8 Å². The smallest absolute Gasteiger partial charge is 0.350 e. The zero-order chi connectivity index (χ0) is 12.6. The number of imide groups is 1. The number of aliphatic imine (C=N–C) groups is 1. The first-order valence-corrected chi connectivity index (χ1v) is 5.00. The fourth-order valence-corrected chi connectivity index (χ4v) is 1.73. The van der Waals surface area contributed by atoms with Gasteiger partial charge in [0.25, 0.3) is 0 Å². The summed E-state index contributed by atoms with van der Waals surface area (Å²) in [6, 6.07) is -0.567. The van der Waals surface area contributed by atoms with Crippen molar-refractivity contribution in [1.29, 1.82) is 0 Å². The minimum absolute atomic E-state index is 0.319. The van der Waals surface area contributed by atoms with Gasteiger partial charge < -0.3 is 9.47 Å². The lowest BCUT2D eigenvalue weighted by Gasteiger charge is -2.27. The molecule has 0 spiro atoms. The van der Waals surface area contributed by atoms with Gasteiger partial charge in [0.1, 0.15) is 5.92 Å². The molecular weight excluding hydrogens is 224 g/mol. The fourth-order valence-electron chi connectivity index (χ4n) is 1.73. The van der Waals surface area contributed by atoms with Gasteiger partial charge in [-0.25, -0.2) is 4.79 Å². The average molecular weight is 236 g/mol. The van der Waals surface area contributed by atoms with Gasteiger partial charge in [0.15, 0.2) is 11.5 Å². The predicted octanol–water partition coefficient (Wildman–Crippen LogP) is 0.710. The molecule has 0 saturated carbocycles. The van der Waals surface area contributed by atoms with Crippen LogP contribution in [0.25, 0.3) is 0 Å². The van der Waals surface area contributed by atoms with Crippen molar-refractivity contribution in [3.63, 3.8) is 0 Å². The topological polar surface area (TPSA) is 68.2 Å². The Morgan fingerprint density at radius 3 is 2.47 bits per heavy atom. The van der Waals surface area contributed by atoms with E-state index in [0.29, 0.717) is 17.2 Å². The van der Waals surface area contributed by atoms with Crippen LogP contribution in [0.5, 0.6) is 0 Å². The van der Waals surface area contributed by atoms with E-state index in [-0.39, 0.29) is 5.91 Å². The van der Waals surface area contributed by atoms with E-state index >= 15 is 0 Å². The van der Waals surface area contributed by atoms with Gasteiger partial charge in [-0.1, -0.05) is 0 Å². The minimum atomic E-state index is -0.577. The third kappa shape index (κ3) is 1.71. The Labute approximate surface area is 98.2 Å². The first-order chi connectivity index (χ1) is 8.08. The standard InChI is InChI=1S/C11H12N2O4/c1-13-10(14)6-4-8(16-2)9(17-3)5-7(6)12-11(13)15/h4-6H,1-3H3. The Kier molecular flexibility index (Phi) is 2.71. The van der Waals surface area contributed by atoms with Crippen LogP contribution >= 0.6 is 0 Å². The summed E-state index contributed by atoms with van der Waals surface area (Å²) in [6.07, 6.45) is 3.15. The third-order valence-corrected chi connectivity index (χ3v) is 2.71. The zero-order valence-corrected chi connectivity index (χ0v) is 9.76. The summed E-state index contributed by atoms with van der Waals surface area (Å²) in [6.45, 7) is 0. The van der Waals surface area contributed by atoms with E-state index in [0.717, 1.165) is 4.90 Å². The number of urea groups is 1. The molecule has 17 heavy (non-hydrogen) atoms. The summed E-state index contributed by atoms with van der Waals surface area (Å²) in [5.74, 6) is 0.0210. The summed E-state index contributed by atoms with van der Waals surface area (Å²) in [7, 11) is 4.38. The molecule has 0 aromatic carbocycles. The van der Waals surface area contributed by atoms with Gasteiger partial charge in [-0.3, -0.25) is 9.69 Å². The molecule has 0 radical (unpaired) electrons. The number of ether oxygens (including phenoxy) is 2. The van der Waals surface area contributed by atoms with Crippen LogP contribution in [0.1, 0.15) is 0 Å². The molecular formula is C11H12N2O4. The van der Waals surface area contributed by atoms with Gasteiger partial charge in [-0.15, -0.1) is 0 Å². The van der Waals surface area contributed by atoms with E-state index < -0.39 is 11.9 Å². The first kappa shape index (κ1) is 11.4. The number of methoxy groups -OCH3 is 2. The Morgan fingerprint density at radius 1 is 1.24 bits per heavy atom. The molecule has 1 heterocycles. The second-order valence-corrected chi connectivity index (χ2v) is 3.64. The number of hydrogen-bond donors (Lipinski definition) is 0. The number of amides is 3. The first-order valence-electron chi connectivity index (χ1n) is 5.00. The Morgan fingerprint density at radius 2 is 1.88 bits per heavy atom. The van der Waals surface area contributed by atoms with Crippen LogP contribution in [0.3, 0.4) is 0 Å². The normalized spacial score (nSPS) is 23.6. The molecule has 0 fully saturated rings. The highest BCUT2D eigenvalue weighted by Crippen LogP contribution is 2.26. The second kappa shape index (κ2) is 4.04. The Hall–Kier alpha value is -2.11. The number of hydrogen-bond acceptors (Lipinski definition) is 4. The van der Waals surface area contributed by atoms with Gasteiger partial charge in [-0.2, -0.15) is 4.99 Å². The molecule has 90 valence electrons. The Balaban J connectivity index is 2.47. The van der Waals surface area contributed by atoms with Crippen LogP contribution in [0, 0.1) is 5.92 Å². The fraction of sp³-hybridized carbons (Fsp3) is 0.364. The minimum Gasteiger partial charge on any atom is -0.493 e. The van der Waals surface area contributed by atoms with Crippen LogP contribution in [0.2, 0.25) is 0 Å². The number of rotatable bonds is 2. The molecule has 0 saturated heterocycles. The van der Waals surface area contributed by atoms with E-state index in [9.17, 15) is 9.59 Å². The van der Waals surface area contributed by atoms with E-state index in [1.165, 1.54) is 21.3 Å². The summed E-state index contributed by atoms with van der Waals surface area (Å²) in [4.78, 5) is 28.1. The highest BCUT2D eigenvalue weighted by atomic mass is 16.5. The number of nitrogens with zero attached hydrogens (tertiary/aromatic N) is 2.